The summed E-state index contributed by atoms with van der Waals surface area (Å²) < 4.78 is 4.84. The number of hydrogen-bond donors (Lipinski definition) is 2. The van der Waals surface area contributed by atoms with Crippen LogP contribution < -0.4 is 15.5 Å². The molecule has 1 heterocycles. The van der Waals surface area contributed by atoms with Crippen molar-refractivity contribution in [2.24, 2.45) is 0 Å². The molecule has 0 spiro atoms. The van der Waals surface area contributed by atoms with Crippen LogP contribution in [0.5, 0.6) is 0 Å². The number of amides is 3. The summed E-state index contributed by atoms with van der Waals surface area (Å²) in [4.78, 5) is 56.2. The highest BCUT2D eigenvalue weighted by atomic mass is 16.5. The van der Waals surface area contributed by atoms with E-state index in [1.54, 1.807) is 73.7 Å². The molecule has 3 amide bonds. The average molecular weight is 550 g/mol. The van der Waals surface area contributed by atoms with Gasteiger partial charge in [0, 0.05) is 30.2 Å². The van der Waals surface area contributed by atoms with Gasteiger partial charge in [0.1, 0.15) is 13.1 Å². The Balaban J connectivity index is 1.57. The lowest BCUT2D eigenvalue weighted by molar-refractivity contribution is -0.143. The Kier molecular flexibility index (Phi) is 9.36. The molecule has 0 aliphatic rings. The van der Waals surface area contributed by atoms with E-state index in [1.807, 2.05) is 6.07 Å². The Morgan fingerprint density at radius 3 is 2.49 bits per heavy atom. The molecule has 0 radical (unpaired) electrons. The topological polar surface area (TPSA) is 141 Å². The highest BCUT2D eigenvalue weighted by molar-refractivity contribution is 6.11. The third-order valence-electron chi connectivity index (χ3n) is 6.15. The first-order chi connectivity index (χ1) is 19.9. The van der Waals surface area contributed by atoms with Crippen molar-refractivity contribution < 1.29 is 23.9 Å². The maximum atomic E-state index is 13.4. The van der Waals surface area contributed by atoms with Gasteiger partial charge in [-0.15, -0.1) is 0 Å². The molecule has 10 heteroatoms. The molecule has 1 aromatic heterocycles. The van der Waals surface area contributed by atoms with Crippen LogP contribution in [0.3, 0.4) is 0 Å². The van der Waals surface area contributed by atoms with Crippen molar-refractivity contribution in [3.05, 3.63) is 107 Å². The van der Waals surface area contributed by atoms with Crippen LogP contribution in [0.2, 0.25) is 0 Å². The average Bonchev–Trinajstić information content (AvgIpc) is 3.01. The van der Waals surface area contributed by atoms with Gasteiger partial charge in [0.05, 0.1) is 23.8 Å². The molecule has 0 saturated heterocycles. The molecule has 41 heavy (non-hydrogen) atoms. The van der Waals surface area contributed by atoms with E-state index in [0.717, 1.165) is 5.56 Å². The number of aromatic nitrogens is 1. The Morgan fingerprint density at radius 2 is 1.78 bits per heavy atom. The van der Waals surface area contributed by atoms with Gasteiger partial charge in [0.2, 0.25) is 5.91 Å². The van der Waals surface area contributed by atoms with Gasteiger partial charge in [-0.05, 0) is 65.7 Å². The zero-order valence-corrected chi connectivity index (χ0v) is 22.3. The molecule has 10 nitrogen and oxygen atoms in total. The van der Waals surface area contributed by atoms with Gasteiger partial charge < -0.3 is 15.4 Å². The van der Waals surface area contributed by atoms with Crippen molar-refractivity contribution in [3.63, 3.8) is 0 Å². The number of carbonyl (C=O) groups is 4. The Hall–Kier alpha value is -5.56. The minimum atomic E-state index is -0.582. The summed E-state index contributed by atoms with van der Waals surface area (Å²) in [5.41, 5.74) is 2.54. The van der Waals surface area contributed by atoms with E-state index >= 15 is 0 Å². The Morgan fingerprint density at radius 1 is 0.976 bits per heavy atom. The second-order valence-electron chi connectivity index (χ2n) is 8.92. The zero-order chi connectivity index (χ0) is 29.2. The lowest BCUT2D eigenvalue weighted by Crippen LogP contribution is -2.42. The first-order valence-corrected chi connectivity index (χ1v) is 12.8. The standard InChI is InChI=1S/C31H27N5O5/c1-2-41-29(38)19-34-28(37)20-36(31(40)24-6-4-14-33-18-24)25-12-13-26-23(15-25)5-3-7-27(26)30(39)35-17-22-10-8-21(16-32)9-11-22/h3-15,18H,2,17,19-20H2,1H3,(H,34,37)(H,35,39). The quantitative estimate of drug-likeness (QED) is 0.289. The van der Waals surface area contributed by atoms with Gasteiger partial charge in [-0.25, -0.2) is 0 Å². The van der Waals surface area contributed by atoms with Crippen LogP contribution in [-0.2, 0) is 20.9 Å². The van der Waals surface area contributed by atoms with Crippen molar-refractivity contribution in [2.45, 2.75) is 13.5 Å². The van der Waals surface area contributed by atoms with Crippen molar-refractivity contribution in [1.82, 2.24) is 15.6 Å². The molecular weight excluding hydrogens is 522 g/mol. The fourth-order valence-electron chi connectivity index (χ4n) is 4.12. The SMILES string of the molecule is CCOC(=O)CNC(=O)CN(C(=O)c1cccnc1)c1ccc2c(C(=O)NCc3ccc(C#N)cc3)cccc2c1. The predicted molar refractivity (Wildman–Crippen MR) is 152 cm³/mol. The largest absolute Gasteiger partial charge is 0.465 e. The number of ether oxygens (including phenoxy) is 1. The summed E-state index contributed by atoms with van der Waals surface area (Å²) in [7, 11) is 0. The van der Waals surface area contributed by atoms with E-state index in [4.69, 9.17) is 10.00 Å². The third kappa shape index (κ3) is 7.30. The number of fused-ring (bicyclic) bond motifs is 1. The second kappa shape index (κ2) is 13.5. The molecule has 0 saturated carbocycles. The first kappa shape index (κ1) is 28.4. The Labute approximate surface area is 236 Å². The molecule has 0 atom stereocenters. The molecule has 2 N–H and O–H groups in total. The summed E-state index contributed by atoms with van der Waals surface area (Å²) in [5, 5.41) is 15.7. The zero-order valence-electron chi connectivity index (χ0n) is 22.3. The Bertz CT molecular complexity index is 1610. The lowest BCUT2D eigenvalue weighted by atomic mass is 10.0. The van der Waals surface area contributed by atoms with Gasteiger partial charge in [0.15, 0.2) is 0 Å². The fraction of sp³-hybridized carbons (Fsp3) is 0.161. The highest BCUT2D eigenvalue weighted by Crippen LogP contribution is 2.26. The molecule has 206 valence electrons. The monoisotopic (exact) mass is 549 g/mol. The number of hydrogen-bond acceptors (Lipinski definition) is 7. The van der Waals surface area contributed by atoms with Gasteiger partial charge >= 0.3 is 5.97 Å². The molecule has 4 aromatic rings. The smallest absolute Gasteiger partial charge is 0.325 e. The van der Waals surface area contributed by atoms with Crippen LogP contribution in [0.15, 0.2) is 85.2 Å². The molecule has 0 aliphatic carbocycles. The molecule has 0 bridgehead atoms. The number of esters is 1. The highest BCUT2D eigenvalue weighted by Gasteiger charge is 2.22. The second-order valence-corrected chi connectivity index (χ2v) is 8.92. The first-order valence-electron chi connectivity index (χ1n) is 12.8. The van der Waals surface area contributed by atoms with E-state index in [9.17, 15) is 19.2 Å². The minimum Gasteiger partial charge on any atom is -0.465 e. The maximum Gasteiger partial charge on any atom is 0.325 e. The summed E-state index contributed by atoms with van der Waals surface area (Å²) in [6.07, 6.45) is 2.94. The van der Waals surface area contributed by atoms with Crippen LogP contribution in [-0.4, -0.2) is 48.4 Å². The fourth-order valence-corrected chi connectivity index (χ4v) is 4.12. The predicted octanol–water partition coefficient (Wildman–Crippen LogP) is 3.36. The van der Waals surface area contributed by atoms with E-state index in [-0.39, 0.29) is 37.7 Å². The van der Waals surface area contributed by atoms with Crippen molar-refractivity contribution in [2.75, 3.05) is 24.6 Å². The van der Waals surface area contributed by atoms with E-state index in [0.29, 0.717) is 27.6 Å². The molecule has 0 unspecified atom stereocenters. The van der Waals surface area contributed by atoms with Gasteiger partial charge in [-0.1, -0.05) is 30.3 Å². The number of nitrogens with one attached hydrogen (secondary N) is 2. The molecular formula is C31H27N5O5. The van der Waals surface area contributed by atoms with Crippen LogP contribution >= 0.6 is 0 Å². The normalized spacial score (nSPS) is 10.3. The van der Waals surface area contributed by atoms with E-state index in [2.05, 4.69) is 21.7 Å². The van der Waals surface area contributed by atoms with Crippen molar-refractivity contribution >= 4 is 40.2 Å². The van der Waals surface area contributed by atoms with Gasteiger partial charge in [-0.3, -0.25) is 29.1 Å². The summed E-state index contributed by atoms with van der Waals surface area (Å²) in [6, 6.07) is 22.6. The number of pyridine rings is 1. The van der Waals surface area contributed by atoms with Crippen LogP contribution in [0, 0.1) is 11.3 Å². The van der Waals surface area contributed by atoms with Crippen LogP contribution in [0.25, 0.3) is 10.8 Å². The number of carbonyl (C=O) groups excluding carboxylic acids is 4. The lowest BCUT2D eigenvalue weighted by Gasteiger charge is -2.23. The van der Waals surface area contributed by atoms with Crippen molar-refractivity contribution in [1.29, 1.82) is 5.26 Å². The molecule has 0 fully saturated rings. The van der Waals surface area contributed by atoms with E-state index in [1.165, 1.54) is 17.3 Å². The summed E-state index contributed by atoms with van der Waals surface area (Å²) in [6.45, 7) is 1.46. The van der Waals surface area contributed by atoms with Crippen molar-refractivity contribution in [3.8, 4) is 6.07 Å². The van der Waals surface area contributed by atoms with Crippen LogP contribution in [0.1, 0.15) is 38.8 Å². The summed E-state index contributed by atoms with van der Waals surface area (Å²) >= 11 is 0. The van der Waals surface area contributed by atoms with Gasteiger partial charge in [-0.2, -0.15) is 5.26 Å². The van der Waals surface area contributed by atoms with E-state index < -0.39 is 17.8 Å². The number of nitriles is 1. The molecule has 3 aromatic carbocycles. The number of rotatable bonds is 10. The van der Waals surface area contributed by atoms with Gasteiger partial charge in [0.25, 0.3) is 11.8 Å². The third-order valence-corrected chi connectivity index (χ3v) is 6.15. The summed E-state index contributed by atoms with van der Waals surface area (Å²) in [5.74, 6) is -1.87. The number of anilines is 1. The molecule has 4 rings (SSSR count). The number of benzene rings is 3. The van der Waals surface area contributed by atoms with Crippen LogP contribution in [0.4, 0.5) is 5.69 Å². The maximum absolute atomic E-state index is 13.4. The number of nitrogens with zero attached hydrogens (tertiary/aromatic N) is 3. The molecule has 0 aliphatic heterocycles. The minimum absolute atomic E-state index is 0.187.